The van der Waals surface area contributed by atoms with Crippen LogP contribution in [0.5, 0.6) is 0 Å². The Morgan fingerprint density at radius 1 is 1.35 bits per heavy atom. The van der Waals surface area contributed by atoms with E-state index in [9.17, 15) is 4.79 Å². The molecule has 3 heterocycles. The van der Waals surface area contributed by atoms with Gasteiger partial charge in [-0.2, -0.15) is 0 Å². The molecule has 2 N–H and O–H groups in total. The number of ether oxygens (including phenoxy) is 1. The zero-order valence-electron chi connectivity index (χ0n) is 13.1. The summed E-state index contributed by atoms with van der Waals surface area (Å²) in [6.45, 7) is 2.72. The molecule has 0 bridgehead atoms. The van der Waals surface area contributed by atoms with E-state index >= 15 is 0 Å². The summed E-state index contributed by atoms with van der Waals surface area (Å²) in [6, 6.07) is 9.87. The maximum atomic E-state index is 12.7. The first-order valence-corrected chi connectivity index (χ1v) is 7.66. The molecule has 0 spiro atoms. The minimum absolute atomic E-state index is 0.378. The van der Waals surface area contributed by atoms with Crippen molar-refractivity contribution < 1.29 is 13.9 Å². The Hall–Kier alpha value is -2.53. The number of carbonyl (C=O) groups is 1. The fourth-order valence-corrected chi connectivity index (χ4v) is 3.54. The number of H-pyrrole nitrogens is 1. The second-order valence-corrected chi connectivity index (χ2v) is 5.92. The second-order valence-electron chi connectivity index (χ2n) is 5.92. The summed E-state index contributed by atoms with van der Waals surface area (Å²) >= 11 is 0. The molecule has 1 aromatic carbocycles. The molecule has 1 unspecified atom stereocenters. The molecule has 0 amide bonds. The molecular formula is C18H18N2O3. The quantitative estimate of drug-likeness (QED) is 0.714. The molecular weight excluding hydrogens is 292 g/mol. The third-order valence-electron chi connectivity index (χ3n) is 4.58. The molecule has 1 aliphatic heterocycles. The number of hydrogen-bond donors (Lipinski definition) is 2. The van der Waals surface area contributed by atoms with Crippen LogP contribution in [0.3, 0.4) is 0 Å². The van der Waals surface area contributed by atoms with E-state index in [0.29, 0.717) is 12.3 Å². The molecule has 1 aliphatic rings. The standard InChI is InChI=1S/C18H18N2O3/c1-11-5-6-12-13-7-8-19-18(17(21)22-2,15-4-3-9-23-15)16(13)20-14(12)10-11/h3-6,9-10,19-20H,7-8H2,1-2H3. The normalized spacial score (nSPS) is 20.4. The summed E-state index contributed by atoms with van der Waals surface area (Å²) in [5.74, 6) is 0.158. The van der Waals surface area contributed by atoms with Crippen molar-refractivity contribution in [2.45, 2.75) is 18.9 Å². The van der Waals surface area contributed by atoms with E-state index in [2.05, 4.69) is 35.4 Å². The lowest BCUT2D eigenvalue weighted by molar-refractivity contribution is -0.148. The SMILES string of the molecule is COC(=O)C1(c2ccco2)NCCc2c1[nH]c1cc(C)ccc21. The third kappa shape index (κ3) is 1.86. The lowest BCUT2D eigenvalue weighted by atomic mass is 9.84. The summed E-state index contributed by atoms with van der Waals surface area (Å²) in [6.07, 6.45) is 2.42. The number of fused-ring (bicyclic) bond motifs is 3. The van der Waals surface area contributed by atoms with Gasteiger partial charge in [-0.3, -0.25) is 5.32 Å². The van der Waals surface area contributed by atoms with Crippen molar-refractivity contribution in [3.8, 4) is 0 Å². The van der Waals surface area contributed by atoms with Crippen LogP contribution in [-0.2, 0) is 21.5 Å². The van der Waals surface area contributed by atoms with Gasteiger partial charge in [-0.1, -0.05) is 12.1 Å². The summed E-state index contributed by atoms with van der Waals surface area (Å²) in [5.41, 5.74) is 3.02. The predicted octanol–water partition coefficient (Wildman–Crippen LogP) is 2.63. The fraction of sp³-hybridized carbons (Fsp3) is 0.278. The number of benzene rings is 1. The molecule has 0 saturated carbocycles. The summed E-state index contributed by atoms with van der Waals surface area (Å²) in [5, 5.41) is 4.46. The van der Waals surface area contributed by atoms with E-state index in [1.807, 2.05) is 0 Å². The Balaban J connectivity index is 2.04. The molecule has 4 rings (SSSR count). The molecule has 0 fully saturated rings. The van der Waals surface area contributed by atoms with Crippen LogP contribution in [0, 0.1) is 6.92 Å². The van der Waals surface area contributed by atoms with Crippen LogP contribution in [-0.4, -0.2) is 24.6 Å². The average Bonchev–Trinajstić information content (AvgIpc) is 3.21. The molecule has 5 heteroatoms. The van der Waals surface area contributed by atoms with Crippen molar-refractivity contribution in [2.24, 2.45) is 0 Å². The maximum Gasteiger partial charge on any atom is 0.340 e. The summed E-state index contributed by atoms with van der Waals surface area (Å²) in [7, 11) is 1.40. The number of carbonyl (C=O) groups excluding carboxylic acids is 1. The van der Waals surface area contributed by atoms with E-state index in [4.69, 9.17) is 9.15 Å². The molecule has 0 saturated heterocycles. The van der Waals surface area contributed by atoms with Gasteiger partial charge in [0, 0.05) is 17.4 Å². The van der Waals surface area contributed by atoms with Crippen LogP contribution in [0.2, 0.25) is 0 Å². The van der Waals surface area contributed by atoms with Crippen LogP contribution in [0.4, 0.5) is 0 Å². The van der Waals surface area contributed by atoms with Gasteiger partial charge in [0.2, 0.25) is 5.54 Å². The Morgan fingerprint density at radius 3 is 2.96 bits per heavy atom. The first-order valence-electron chi connectivity index (χ1n) is 7.66. The minimum atomic E-state index is -1.13. The maximum absolute atomic E-state index is 12.7. The summed E-state index contributed by atoms with van der Waals surface area (Å²) in [4.78, 5) is 16.2. The van der Waals surface area contributed by atoms with Gasteiger partial charge >= 0.3 is 5.97 Å². The lowest BCUT2D eigenvalue weighted by Crippen LogP contribution is -2.54. The van der Waals surface area contributed by atoms with Gasteiger partial charge in [-0.25, -0.2) is 4.79 Å². The van der Waals surface area contributed by atoms with Crippen molar-refractivity contribution in [3.05, 3.63) is 59.2 Å². The molecule has 0 aliphatic carbocycles. The van der Waals surface area contributed by atoms with Gasteiger partial charge in [-0.15, -0.1) is 0 Å². The van der Waals surface area contributed by atoms with E-state index in [1.165, 1.54) is 12.7 Å². The Labute approximate surface area is 133 Å². The largest absolute Gasteiger partial charge is 0.467 e. The zero-order valence-corrected chi connectivity index (χ0v) is 13.1. The van der Waals surface area contributed by atoms with Gasteiger partial charge in [0.1, 0.15) is 5.76 Å². The predicted molar refractivity (Wildman–Crippen MR) is 86.2 cm³/mol. The van der Waals surface area contributed by atoms with Crippen LogP contribution in [0.25, 0.3) is 10.9 Å². The third-order valence-corrected chi connectivity index (χ3v) is 4.58. The highest BCUT2D eigenvalue weighted by Crippen LogP contribution is 2.39. The van der Waals surface area contributed by atoms with E-state index in [1.54, 1.807) is 18.4 Å². The number of aromatic nitrogens is 1. The Kier molecular flexibility index (Phi) is 3.06. The first-order chi connectivity index (χ1) is 11.2. The monoisotopic (exact) mass is 310 g/mol. The average molecular weight is 310 g/mol. The summed E-state index contributed by atoms with van der Waals surface area (Å²) < 4.78 is 10.7. The van der Waals surface area contributed by atoms with Gasteiger partial charge in [-0.05, 0) is 42.7 Å². The lowest BCUT2D eigenvalue weighted by Gasteiger charge is -2.34. The van der Waals surface area contributed by atoms with Crippen LogP contribution < -0.4 is 5.32 Å². The first kappa shape index (κ1) is 14.1. The zero-order chi connectivity index (χ0) is 16.0. The molecule has 5 nitrogen and oxygen atoms in total. The number of methoxy groups -OCH3 is 1. The molecule has 23 heavy (non-hydrogen) atoms. The fourth-order valence-electron chi connectivity index (χ4n) is 3.54. The number of aryl methyl sites for hydroxylation is 1. The van der Waals surface area contributed by atoms with Crippen molar-refractivity contribution >= 4 is 16.9 Å². The van der Waals surface area contributed by atoms with Crippen LogP contribution in [0.1, 0.15) is 22.6 Å². The van der Waals surface area contributed by atoms with Crippen molar-refractivity contribution in [2.75, 3.05) is 13.7 Å². The number of nitrogens with one attached hydrogen (secondary N) is 2. The highest BCUT2D eigenvalue weighted by atomic mass is 16.5. The van der Waals surface area contributed by atoms with Gasteiger partial charge < -0.3 is 14.1 Å². The molecule has 3 aromatic rings. The highest BCUT2D eigenvalue weighted by Gasteiger charge is 2.50. The molecule has 0 radical (unpaired) electrons. The molecule has 118 valence electrons. The van der Waals surface area contributed by atoms with E-state index in [-0.39, 0.29) is 5.97 Å². The number of esters is 1. The molecule has 1 atom stereocenters. The van der Waals surface area contributed by atoms with Gasteiger partial charge in [0.15, 0.2) is 0 Å². The Bertz CT molecular complexity index is 879. The van der Waals surface area contributed by atoms with Crippen molar-refractivity contribution in [3.63, 3.8) is 0 Å². The van der Waals surface area contributed by atoms with Crippen LogP contribution in [0.15, 0.2) is 41.0 Å². The smallest absolute Gasteiger partial charge is 0.340 e. The number of furan rings is 1. The van der Waals surface area contributed by atoms with Crippen molar-refractivity contribution in [1.29, 1.82) is 0 Å². The van der Waals surface area contributed by atoms with Crippen LogP contribution >= 0.6 is 0 Å². The highest BCUT2D eigenvalue weighted by molar-refractivity contribution is 5.92. The van der Waals surface area contributed by atoms with Crippen molar-refractivity contribution in [1.82, 2.24) is 10.3 Å². The van der Waals surface area contributed by atoms with E-state index in [0.717, 1.165) is 28.6 Å². The van der Waals surface area contributed by atoms with Gasteiger partial charge in [0.25, 0.3) is 0 Å². The number of hydrogen-bond acceptors (Lipinski definition) is 4. The second kappa shape index (κ2) is 4.99. The number of aromatic amines is 1. The molecule has 2 aromatic heterocycles. The minimum Gasteiger partial charge on any atom is -0.467 e. The topological polar surface area (TPSA) is 67.3 Å². The van der Waals surface area contributed by atoms with Gasteiger partial charge in [0.05, 0.1) is 19.1 Å². The number of rotatable bonds is 2. The van der Waals surface area contributed by atoms with E-state index < -0.39 is 5.54 Å². The Morgan fingerprint density at radius 2 is 2.22 bits per heavy atom.